The number of nitrogens with zero attached hydrogens (tertiary/aromatic N) is 1. The summed E-state index contributed by atoms with van der Waals surface area (Å²) in [4.78, 5) is 15.6. The van der Waals surface area contributed by atoms with E-state index in [1.54, 1.807) is 19.2 Å². The third kappa shape index (κ3) is 4.04. The molecule has 0 saturated carbocycles. The van der Waals surface area contributed by atoms with Gasteiger partial charge < -0.3 is 14.8 Å². The molecule has 29 heavy (non-hydrogen) atoms. The van der Waals surface area contributed by atoms with Crippen LogP contribution in [0.1, 0.15) is 34.4 Å². The molecule has 2 atom stereocenters. The second-order valence-electron chi connectivity index (χ2n) is 6.44. The van der Waals surface area contributed by atoms with E-state index in [0.29, 0.717) is 11.3 Å². The van der Waals surface area contributed by atoms with Crippen molar-refractivity contribution >= 4 is 6.09 Å². The van der Waals surface area contributed by atoms with Gasteiger partial charge in [0.05, 0.1) is 18.7 Å². The number of aromatic nitrogens is 1. The molecule has 2 heterocycles. The van der Waals surface area contributed by atoms with Crippen molar-refractivity contribution in [1.29, 1.82) is 0 Å². The third-order valence-electron chi connectivity index (χ3n) is 4.58. The summed E-state index contributed by atoms with van der Waals surface area (Å²) in [5.41, 5.74) is 2.57. The lowest BCUT2D eigenvalue weighted by atomic mass is 9.95. The number of methoxy groups -OCH3 is 1. The Morgan fingerprint density at radius 2 is 1.90 bits per heavy atom. The molecule has 0 spiro atoms. The molecule has 6 heteroatoms. The van der Waals surface area contributed by atoms with Crippen LogP contribution in [0.4, 0.5) is 9.18 Å². The van der Waals surface area contributed by atoms with Crippen molar-refractivity contribution in [2.45, 2.75) is 12.1 Å². The van der Waals surface area contributed by atoms with Gasteiger partial charge in [-0.1, -0.05) is 36.1 Å². The van der Waals surface area contributed by atoms with Crippen molar-refractivity contribution in [2.75, 3.05) is 7.11 Å². The van der Waals surface area contributed by atoms with Crippen LogP contribution in [0.15, 0.2) is 66.9 Å². The Labute approximate surface area is 167 Å². The average molecular weight is 388 g/mol. The van der Waals surface area contributed by atoms with Crippen LogP contribution >= 0.6 is 0 Å². The maximum absolute atomic E-state index is 13.7. The molecular formula is C23H17FN2O3. The zero-order chi connectivity index (χ0) is 20.2. The zero-order valence-corrected chi connectivity index (χ0v) is 15.6. The first-order valence-electron chi connectivity index (χ1n) is 8.97. The number of ether oxygens (including phenoxy) is 2. The summed E-state index contributed by atoms with van der Waals surface area (Å²) in [6, 6.07) is 17.6. The molecule has 1 saturated heterocycles. The summed E-state index contributed by atoms with van der Waals surface area (Å²) in [7, 11) is 1.59. The van der Waals surface area contributed by atoms with E-state index in [0.717, 1.165) is 11.1 Å². The maximum atomic E-state index is 13.7. The van der Waals surface area contributed by atoms with E-state index >= 15 is 0 Å². The van der Waals surface area contributed by atoms with Gasteiger partial charge in [0, 0.05) is 11.8 Å². The molecule has 2 aromatic carbocycles. The minimum atomic E-state index is -0.606. The fourth-order valence-corrected chi connectivity index (χ4v) is 3.19. The fourth-order valence-electron chi connectivity index (χ4n) is 3.19. The highest BCUT2D eigenvalue weighted by Crippen LogP contribution is 2.37. The van der Waals surface area contributed by atoms with Crippen LogP contribution in [0.25, 0.3) is 0 Å². The van der Waals surface area contributed by atoms with Gasteiger partial charge in [-0.2, -0.15) is 4.39 Å². The van der Waals surface area contributed by atoms with Gasteiger partial charge in [0.2, 0.25) is 5.95 Å². The van der Waals surface area contributed by atoms with Gasteiger partial charge in [-0.25, -0.2) is 9.78 Å². The number of halogens is 1. The first-order valence-corrected chi connectivity index (χ1v) is 8.97. The van der Waals surface area contributed by atoms with E-state index < -0.39 is 18.1 Å². The number of alkyl carbamates (subject to hydrolysis) is 1. The van der Waals surface area contributed by atoms with Crippen LogP contribution in [0.2, 0.25) is 0 Å². The number of hydrogen-bond donors (Lipinski definition) is 1. The van der Waals surface area contributed by atoms with Crippen molar-refractivity contribution in [2.24, 2.45) is 0 Å². The van der Waals surface area contributed by atoms with Crippen LogP contribution in [0.3, 0.4) is 0 Å². The molecule has 1 aliphatic rings. The summed E-state index contributed by atoms with van der Waals surface area (Å²) in [5.74, 6) is 5.81. The predicted octanol–water partition coefficient (Wildman–Crippen LogP) is 4.15. The molecular weight excluding hydrogens is 371 g/mol. The van der Waals surface area contributed by atoms with Gasteiger partial charge in [0.25, 0.3) is 0 Å². The van der Waals surface area contributed by atoms with Crippen molar-refractivity contribution in [3.63, 3.8) is 0 Å². The number of benzene rings is 2. The second kappa shape index (κ2) is 8.03. The van der Waals surface area contributed by atoms with Gasteiger partial charge in [-0.05, 0) is 47.5 Å². The van der Waals surface area contributed by atoms with Crippen molar-refractivity contribution in [3.05, 3.63) is 95.1 Å². The smallest absolute Gasteiger partial charge is 0.408 e. The number of rotatable bonds is 3. The van der Waals surface area contributed by atoms with Crippen molar-refractivity contribution in [1.82, 2.24) is 10.3 Å². The molecule has 1 amide bonds. The lowest BCUT2D eigenvalue weighted by molar-refractivity contribution is 0.132. The normalized spacial score (nSPS) is 17.7. The van der Waals surface area contributed by atoms with Crippen LogP contribution in [-0.2, 0) is 4.74 Å². The van der Waals surface area contributed by atoms with Crippen LogP contribution in [0, 0.1) is 17.8 Å². The molecule has 0 aliphatic carbocycles. The van der Waals surface area contributed by atoms with E-state index in [2.05, 4.69) is 22.1 Å². The number of hydrogen-bond acceptors (Lipinski definition) is 4. The summed E-state index contributed by atoms with van der Waals surface area (Å²) in [6.45, 7) is 0. The monoisotopic (exact) mass is 388 g/mol. The zero-order valence-electron chi connectivity index (χ0n) is 15.6. The number of amides is 1. The first kappa shape index (κ1) is 18.5. The van der Waals surface area contributed by atoms with Gasteiger partial charge in [0.15, 0.2) is 6.10 Å². The maximum Gasteiger partial charge on any atom is 0.408 e. The van der Waals surface area contributed by atoms with E-state index in [1.807, 2.05) is 48.5 Å². The van der Waals surface area contributed by atoms with Gasteiger partial charge in [0.1, 0.15) is 5.75 Å². The fraction of sp³-hybridized carbons (Fsp3) is 0.130. The highest BCUT2D eigenvalue weighted by atomic mass is 19.1. The molecule has 0 radical (unpaired) electrons. The van der Waals surface area contributed by atoms with E-state index in [1.165, 1.54) is 6.20 Å². The highest BCUT2D eigenvalue weighted by molar-refractivity contribution is 5.71. The Kier molecular flexibility index (Phi) is 5.12. The number of carbonyl (C=O) groups is 1. The quantitative estimate of drug-likeness (QED) is 0.541. The largest absolute Gasteiger partial charge is 0.497 e. The summed E-state index contributed by atoms with van der Waals surface area (Å²) < 4.78 is 24.4. The lowest BCUT2D eigenvalue weighted by Gasteiger charge is -2.18. The molecule has 1 fully saturated rings. The topological polar surface area (TPSA) is 60.5 Å². The summed E-state index contributed by atoms with van der Waals surface area (Å²) in [5, 5.41) is 2.85. The molecule has 4 rings (SSSR count). The first-order chi connectivity index (χ1) is 14.1. The van der Waals surface area contributed by atoms with Crippen molar-refractivity contribution in [3.8, 4) is 17.6 Å². The number of pyridine rings is 1. The molecule has 1 aliphatic heterocycles. The Hall–Kier alpha value is -3.85. The van der Waals surface area contributed by atoms with E-state index in [-0.39, 0.29) is 11.6 Å². The van der Waals surface area contributed by atoms with Gasteiger partial charge in [-0.15, -0.1) is 0 Å². The number of cyclic esters (lactones) is 1. The van der Waals surface area contributed by atoms with Gasteiger partial charge in [-0.3, -0.25) is 0 Å². The SMILES string of the molecule is COc1cccc([C@H]2OC(=O)N[C@@H]2c2cccc(C#Cc3cccnc3F)c2)c1. The number of carbonyl (C=O) groups excluding carboxylic acids is 1. The third-order valence-corrected chi connectivity index (χ3v) is 4.58. The molecule has 3 aromatic rings. The Balaban J connectivity index is 1.64. The van der Waals surface area contributed by atoms with Crippen LogP contribution < -0.4 is 10.1 Å². The Morgan fingerprint density at radius 1 is 1.07 bits per heavy atom. The predicted molar refractivity (Wildman–Crippen MR) is 105 cm³/mol. The number of nitrogens with one attached hydrogen (secondary N) is 1. The van der Waals surface area contributed by atoms with Crippen LogP contribution in [-0.4, -0.2) is 18.2 Å². The molecule has 0 unspecified atom stereocenters. The van der Waals surface area contributed by atoms with Crippen LogP contribution in [0.5, 0.6) is 5.75 Å². The van der Waals surface area contributed by atoms with E-state index in [9.17, 15) is 9.18 Å². The average Bonchev–Trinajstić information content (AvgIpc) is 3.15. The molecule has 5 nitrogen and oxygen atoms in total. The molecule has 1 aromatic heterocycles. The standard InChI is InChI=1S/C23H17FN2O3/c1-28-19-9-3-7-18(14-19)21-20(26-23(27)29-21)17-6-2-5-15(13-17)10-11-16-8-4-12-25-22(16)24/h2-9,12-14,20-21H,1H3,(H,26,27)/t20-,21-/m1/s1. The minimum absolute atomic E-state index is 0.227. The molecule has 0 bridgehead atoms. The van der Waals surface area contributed by atoms with E-state index in [4.69, 9.17) is 9.47 Å². The minimum Gasteiger partial charge on any atom is -0.497 e. The molecule has 144 valence electrons. The van der Waals surface area contributed by atoms with Crippen molar-refractivity contribution < 1.29 is 18.7 Å². The van der Waals surface area contributed by atoms with Gasteiger partial charge >= 0.3 is 6.09 Å². The Bertz CT molecular complexity index is 1120. The second-order valence-corrected chi connectivity index (χ2v) is 6.44. The Morgan fingerprint density at radius 3 is 2.72 bits per heavy atom. The lowest BCUT2D eigenvalue weighted by Crippen LogP contribution is -2.19. The molecule has 1 N–H and O–H groups in total. The summed E-state index contributed by atoms with van der Waals surface area (Å²) >= 11 is 0. The highest BCUT2D eigenvalue weighted by Gasteiger charge is 2.36. The summed E-state index contributed by atoms with van der Waals surface area (Å²) in [6.07, 6.45) is 0.385.